The molecule has 0 spiro atoms. The summed E-state index contributed by atoms with van der Waals surface area (Å²) in [6.45, 7) is -0.908. The van der Waals surface area contributed by atoms with Crippen molar-refractivity contribution >= 4 is 34.2 Å². The van der Waals surface area contributed by atoms with Crippen LogP contribution in [0.1, 0.15) is 28.1 Å². The van der Waals surface area contributed by atoms with Gasteiger partial charge in [-0.2, -0.15) is 18.3 Å². The Labute approximate surface area is 357 Å². The third kappa shape index (κ3) is 7.57. The fraction of sp³-hybridized carbons (Fsp3) is 0.149. The molecule has 8 rings (SSSR count). The fourth-order valence-electron chi connectivity index (χ4n) is 7.78. The van der Waals surface area contributed by atoms with Gasteiger partial charge < -0.3 is 14.4 Å². The SMILES string of the molecule is COc1cc(-c2cc(C(F)(F)F)cc3c2n(C)c(=O)n3CC(=O)N(C)c2cccc(Cl)c2)cc(F)c1OCc1ncn(C(c2ccccc2)(c2ccccc2)c2ccccc2)n1. The van der Waals surface area contributed by atoms with Crippen LogP contribution in [0.5, 0.6) is 11.5 Å². The molecule has 2 heterocycles. The highest BCUT2D eigenvalue weighted by Crippen LogP contribution is 2.43. The first-order valence-corrected chi connectivity index (χ1v) is 19.6. The molecule has 8 aromatic rings. The van der Waals surface area contributed by atoms with Gasteiger partial charge in [-0.15, -0.1) is 0 Å². The maximum Gasteiger partial charge on any atom is 0.416 e. The third-order valence-corrected chi connectivity index (χ3v) is 11.0. The maximum atomic E-state index is 16.3. The molecule has 0 atom stereocenters. The lowest BCUT2D eigenvalue weighted by atomic mass is 9.77. The number of imidazole rings is 1. The minimum Gasteiger partial charge on any atom is -0.493 e. The Balaban J connectivity index is 1.16. The van der Waals surface area contributed by atoms with E-state index in [9.17, 15) is 22.8 Å². The average Bonchev–Trinajstić information content (AvgIpc) is 3.85. The molecule has 0 aliphatic heterocycles. The van der Waals surface area contributed by atoms with Gasteiger partial charge in [-0.3, -0.25) is 13.9 Å². The van der Waals surface area contributed by atoms with Crippen LogP contribution in [0.15, 0.2) is 151 Å². The van der Waals surface area contributed by atoms with Crippen LogP contribution in [0.4, 0.5) is 23.2 Å². The molecule has 0 bridgehead atoms. The van der Waals surface area contributed by atoms with Gasteiger partial charge in [-0.1, -0.05) is 109 Å². The highest BCUT2D eigenvalue weighted by Gasteiger charge is 2.40. The van der Waals surface area contributed by atoms with E-state index in [0.29, 0.717) is 10.7 Å². The molecule has 0 N–H and O–H groups in total. The molecule has 62 heavy (non-hydrogen) atoms. The molecular weight excluding hydrogens is 824 g/mol. The van der Waals surface area contributed by atoms with Crippen LogP contribution in [0.3, 0.4) is 0 Å². The van der Waals surface area contributed by atoms with E-state index in [0.717, 1.165) is 44.0 Å². The first-order valence-electron chi connectivity index (χ1n) is 19.2. The number of carbonyl (C=O) groups is 1. The van der Waals surface area contributed by atoms with E-state index in [-0.39, 0.29) is 46.1 Å². The summed E-state index contributed by atoms with van der Waals surface area (Å²) in [6.07, 6.45) is -3.29. The second-order valence-electron chi connectivity index (χ2n) is 14.4. The summed E-state index contributed by atoms with van der Waals surface area (Å²) in [6, 6.07) is 39.9. The average molecular weight is 861 g/mol. The van der Waals surface area contributed by atoms with Gasteiger partial charge in [0.15, 0.2) is 23.1 Å². The van der Waals surface area contributed by atoms with Gasteiger partial charge in [0, 0.05) is 30.4 Å². The van der Waals surface area contributed by atoms with Gasteiger partial charge in [0.1, 0.15) is 25.0 Å². The first kappa shape index (κ1) is 41.5. The van der Waals surface area contributed by atoms with Gasteiger partial charge in [-0.25, -0.2) is 18.9 Å². The van der Waals surface area contributed by atoms with Gasteiger partial charge in [0.25, 0.3) is 0 Å². The summed E-state index contributed by atoms with van der Waals surface area (Å²) >= 11 is 6.11. The molecule has 1 amide bonds. The highest BCUT2D eigenvalue weighted by molar-refractivity contribution is 6.30. The number of nitrogens with zero attached hydrogens (tertiary/aromatic N) is 6. The van der Waals surface area contributed by atoms with E-state index in [1.807, 2.05) is 91.0 Å². The second kappa shape index (κ2) is 16.7. The topological polar surface area (TPSA) is 96.4 Å². The Hall–Kier alpha value is -7.19. The summed E-state index contributed by atoms with van der Waals surface area (Å²) in [5.74, 6) is -1.83. The number of aryl methyl sites for hydroxylation is 1. The number of fused-ring (bicyclic) bond motifs is 1. The van der Waals surface area contributed by atoms with Gasteiger partial charge in [-0.05, 0) is 64.7 Å². The molecule has 0 unspecified atom stereocenters. The van der Waals surface area contributed by atoms with Crippen molar-refractivity contribution in [1.82, 2.24) is 23.9 Å². The number of anilines is 1. The molecule has 0 fully saturated rings. The Morgan fingerprint density at radius 3 is 1.98 bits per heavy atom. The number of hydrogen-bond donors (Lipinski definition) is 0. The molecule has 0 radical (unpaired) electrons. The lowest BCUT2D eigenvalue weighted by molar-refractivity contribution is -0.137. The minimum atomic E-state index is -4.87. The predicted molar refractivity (Wildman–Crippen MR) is 228 cm³/mol. The van der Waals surface area contributed by atoms with Crippen LogP contribution < -0.4 is 20.1 Å². The van der Waals surface area contributed by atoms with E-state index in [4.69, 9.17) is 26.2 Å². The van der Waals surface area contributed by atoms with Crippen molar-refractivity contribution in [3.05, 3.63) is 195 Å². The third-order valence-electron chi connectivity index (χ3n) is 10.8. The largest absolute Gasteiger partial charge is 0.493 e. The number of likely N-dealkylation sites (N-methyl/N-ethyl adjacent to an activating group) is 1. The van der Waals surface area contributed by atoms with Crippen molar-refractivity contribution in [2.75, 3.05) is 19.1 Å². The summed E-state index contributed by atoms with van der Waals surface area (Å²) in [4.78, 5) is 32.9. The Bertz CT molecular complexity index is 2870. The Kier molecular flexibility index (Phi) is 11.2. The summed E-state index contributed by atoms with van der Waals surface area (Å²) in [5.41, 5.74) is -0.0273. The zero-order valence-corrected chi connectivity index (χ0v) is 34.2. The summed E-state index contributed by atoms with van der Waals surface area (Å²) in [5, 5.41) is 5.22. The van der Waals surface area contributed by atoms with E-state index in [1.54, 1.807) is 29.2 Å². The molecule has 10 nitrogen and oxygen atoms in total. The number of benzene rings is 6. The fourth-order valence-corrected chi connectivity index (χ4v) is 7.96. The lowest BCUT2D eigenvalue weighted by Crippen LogP contribution is -2.38. The highest BCUT2D eigenvalue weighted by atomic mass is 35.5. The van der Waals surface area contributed by atoms with Crippen molar-refractivity contribution < 1.29 is 31.8 Å². The van der Waals surface area contributed by atoms with Crippen molar-refractivity contribution in [2.24, 2.45) is 7.05 Å². The van der Waals surface area contributed by atoms with Crippen molar-refractivity contribution in [1.29, 1.82) is 0 Å². The van der Waals surface area contributed by atoms with Crippen LogP contribution in [0, 0.1) is 5.82 Å². The van der Waals surface area contributed by atoms with E-state index >= 15 is 4.39 Å². The molecule has 0 saturated heterocycles. The smallest absolute Gasteiger partial charge is 0.416 e. The van der Waals surface area contributed by atoms with E-state index in [1.165, 1.54) is 38.2 Å². The molecule has 0 aliphatic rings. The van der Waals surface area contributed by atoms with Crippen LogP contribution >= 0.6 is 11.6 Å². The number of amides is 1. The van der Waals surface area contributed by atoms with Crippen molar-refractivity contribution in [3.63, 3.8) is 0 Å². The normalized spacial score (nSPS) is 11.8. The lowest BCUT2D eigenvalue weighted by Gasteiger charge is -2.35. The van der Waals surface area contributed by atoms with Gasteiger partial charge >= 0.3 is 11.9 Å². The summed E-state index contributed by atoms with van der Waals surface area (Å²) in [7, 11) is 4.09. The number of methoxy groups -OCH3 is 1. The second-order valence-corrected chi connectivity index (χ2v) is 14.9. The molecular formula is C47H37ClF4N6O4. The Morgan fingerprint density at radius 2 is 1.42 bits per heavy atom. The number of ether oxygens (including phenoxy) is 2. The first-order chi connectivity index (χ1) is 29.8. The zero-order chi connectivity index (χ0) is 43.8. The number of carbonyl (C=O) groups excluding carboxylic acids is 1. The van der Waals surface area contributed by atoms with Crippen LogP contribution in [-0.2, 0) is 36.7 Å². The number of rotatable bonds is 12. The predicted octanol–water partition coefficient (Wildman–Crippen LogP) is 9.50. The molecule has 0 saturated carbocycles. The Morgan fingerprint density at radius 1 is 0.806 bits per heavy atom. The molecule has 15 heteroatoms. The quantitative estimate of drug-likeness (QED) is 0.0898. The van der Waals surface area contributed by atoms with Crippen molar-refractivity contribution in [3.8, 4) is 22.6 Å². The monoisotopic (exact) mass is 860 g/mol. The van der Waals surface area contributed by atoms with Crippen LogP contribution in [0.2, 0.25) is 5.02 Å². The number of hydrogen-bond acceptors (Lipinski definition) is 6. The van der Waals surface area contributed by atoms with Gasteiger partial charge in [0.2, 0.25) is 5.91 Å². The number of halogens is 5. The molecule has 6 aromatic carbocycles. The number of alkyl halides is 3. The van der Waals surface area contributed by atoms with E-state index < -0.39 is 41.2 Å². The van der Waals surface area contributed by atoms with Gasteiger partial charge in [0.05, 0.1) is 23.7 Å². The van der Waals surface area contributed by atoms with Crippen molar-refractivity contribution in [2.45, 2.75) is 24.9 Å². The van der Waals surface area contributed by atoms with Crippen LogP contribution in [0.25, 0.3) is 22.2 Å². The summed E-state index contributed by atoms with van der Waals surface area (Å²) < 4.78 is 75.1. The van der Waals surface area contributed by atoms with E-state index in [2.05, 4.69) is 4.98 Å². The zero-order valence-electron chi connectivity index (χ0n) is 33.5. The molecule has 2 aromatic heterocycles. The van der Waals surface area contributed by atoms with Crippen LogP contribution in [-0.4, -0.2) is 44.0 Å². The number of aromatic nitrogens is 5. The maximum absolute atomic E-state index is 16.3. The molecule has 314 valence electrons. The standard InChI is InChI=1S/C47H37ClF4N6O4/c1-55(36-21-13-20-35(48)26-36)42(59)27-57-39-25-34(47(50,51)52)24-37(43(39)56(2)45(57)60)30-22-38(49)44(40(23-30)61-3)62-28-41-53-29-58(54-41)46(31-14-7-4-8-15-31,32-16-9-5-10-17-32)33-18-11-6-12-19-33/h4-26,29H,27-28H2,1-3H3. The minimum absolute atomic E-state index is 0.0322. The molecule has 0 aliphatic carbocycles.